The fraction of sp³-hybridized carbons (Fsp3) is 0.588. The topological polar surface area (TPSA) is 120 Å². The van der Waals surface area contributed by atoms with Gasteiger partial charge < -0.3 is 22.7 Å². The van der Waals surface area contributed by atoms with Crippen LogP contribution >= 0.6 is 15.4 Å². The van der Waals surface area contributed by atoms with Crippen LogP contribution in [0.3, 0.4) is 0 Å². The predicted molar refractivity (Wildman–Crippen MR) is 105 cm³/mol. The first-order valence-corrected chi connectivity index (χ1v) is 12.2. The number of carbonyl (C=O) groups excluding carboxylic acids is 1. The Morgan fingerprint density at radius 1 is 0.931 bits per heavy atom. The highest BCUT2D eigenvalue weighted by Gasteiger charge is 2.36. The van der Waals surface area contributed by atoms with Crippen molar-refractivity contribution in [2.24, 2.45) is 0 Å². The van der Waals surface area contributed by atoms with Gasteiger partial charge in [0.15, 0.2) is 0 Å². The maximum atomic E-state index is 13.3. The summed E-state index contributed by atoms with van der Waals surface area (Å²) in [5.41, 5.74) is 0.0881. The van der Waals surface area contributed by atoms with Crippen LogP contribution in [-0.4, -0.2) is 39.0 Å². The summed E-state index contributed by atoms with van der Waals surface area (Å²) >= 11 is 0. The minimum Gasteiger partial charge on any atom is -0.463 e. The van der Waals surface area contributed by atoms with E-state index in [0.717, 1.165) is 12.5 Å². The summed E-state index contributed by atoms with van der Waals surface area (Å²) in [7, 11) is -7.92. The second-order valence-corrected chi connectivity index (χ2v) is 8.76. The van der Waals surface area contributed by atoms with Gasteiger partial charge in [-0.1, -0.05) is 0 Å². The SMILES string of the molecule is CCOC(=O)c1coc(C(=COP(=O)(OCC)OCC)P(=O)(OCC)OCC)c1. The van der Waals surface area contributed by atoms with E-state index < -0.39 is 21.4 Å². The van der Waals surface area contributed by atoms with Crippen molar-refractivity contribution in [1.29, 1.82) is 0 Å². The molecular weight excluding hydrogens is 426 g/mol. The van der Waals surface area contributed by atoms with Gasteiger partial charge in [-0.05, 0) is 40.7 Å². The van der Waals surface area contributed by atoms with Crippen LogP contribution in [0.5, 0.6) is 0 Å². The molecular formula is C17H28O10P2. The minimum atomic E-state index is -3.97. The van der Waals surface area contributed by atoms with Crippen molar-refractivity contribution in [1.82, 2.24) is 0 Å². The molecule has 0 bridgehead atoms. The number of hydrogen-bond donors (Lipinski definition) is 0. The van der Waals surface area contributed by atoms with E-state index in [-0.39, 0.29) is 49.7 Å². The molecule has 0 unspecified atom stereocenters. The van der Waals surface area contributed by atoms with Crippen molar-refractivity contribution >= 4 is 26.7 Å². The number of hydrogen-bond acceptors (Lipinski definition) is 10. The fourth-order valence-electron chi connectivity index (χ4n) is 2.09. The molecule has 1 heterocycles. The Balaban J connectivity index is 3.40. The van der Waals surface area contributed by atoms with Gasteiger partial charge in [0, 0.05) is 0 Å². The summed E-state index contributed by atoms with van der Waals surface area (Å²) in [6.07, 6.45) is 2.03. The lowest BCUT2D eigenvalue weighted by Crippen LogP contribution is -2.03. The molecule has 0 spiro atoms. The quantitative estimate of drug-likeness (QED) is 0.210. The van der Waals surface area contributed by atoms with Gasteiger partial charge in [0.25, 0.3) is 0 Å². The average molecular weight is 454 g/mol. The maximum absolute atomic E-state index is 13.3. The van der Waals surface area contributed by atoms with E-state index in [1.54, 1.807) is 34.6 Å². The number of furan rings is 1. The largest absolute Gasteiger partial charge is 0.529 e. The van der Waals surface area contributed by atoms with Crippen LogP contribution in [0.15, 0.2) is 23.0 Å². The number of phosphoric acid groups is 1. The molecule has 0 atom stereocenters. The standard InChI is InChI=1S/C17H28O10P2/c1-6-21-17(18)14-11-15(22-12-14)16(28(19,23-7-2)24-8-3)13-27-29(20,25-9-4)26-10-5/h11-13H,6-10H2,1-5H3. The first kappa shape index (κ1) is 25.6. The van der Waals surface area contributed by atoms with Crippen LogP contribution in [0.4, 0.5) is 0 Å². The van der Waals surface area contributed by atoms with Crippen LogP contribution in [0.25, 0.3) is 5.31 Å². The Morgan fingerprint density at radius 2 is 1.48 bits per heavy atom. The van der Waals surface area contributed by atoms with Crippen molar-refractivity contribution in [3.05, 3.63) is 29.9 Å². The van der Waals surface area contributed by atoms with Crippen molar-refractivity contribution in [2.75, 3.05) is 33.0 Å². The molecule has 0 radical (unpaired) electrons. The Labute approximate surface area is 170 Å². The highest BCUT2D eigenvalue weighted by Crippen LogP contribution is 2.62. The number of phosphoric ester groups is 1. The molecule has 1 aromatic heterocycles. The van der Waals surface area contributed by atoms with Crippen LogP contribution in [0, 0.1) is 0 Å². The molecule has 12 heteroatoms. The molecule has 29 heavy (non-hydrogen) atoms. The Bertz CT molecular complexity index is 750. The van der Waals surface area contributed by atoms with E-state index in [4.69, 9.17) is 31.8 Å². The highest BCUT2D eigenvalue weighted by atomic mass is 31.2. The number of esters is 1. The molecule has 0 fully saturated rings. The predicted octanol–water partition coefficient (Wildman–Crippen LogP) is 5.22. The molecule has 166 valence electrons. The van der Waals surface area contributed by atoms with Gasteiger partial charge >= 0.3 is 21.4 Å². The molecule has 1 aromatic rings. The van der Waals surface area contributed by atoms with Crippen LogP contribution in [0.2, 0.25) is 0 Å². The van der Waals surface area contributed by atoms with Crippen molar-refractivity contribution < 1.29 is 45.7 Å². The normalized spacial score (nSPS) is 12.8. The maximum Gasteiger partial charge on any atom is 0.529 e. The lowest BCUT2D eigenvalue weighted by atomic mass is 10.3. The highest BCUT2D eigenvalue weighted by molar-refractivity contribution is 7.65. The van der Waals surface area contributed by atoms with E-state index in [2.05, 4.69) is 0 Å². The van der Waals surface area contributed by atoms with Gasteiger partial charge in [0.05, 0.1) is 38.6 Å². The van der Waals surface area contributed by atoms with E-state index >= 15 is 0 Å². The van der Waals surface area contributed by atoms with Gasteiger partial charge in [0.1, 0.15) is 23.6 Å². The summed E-state index contributed by atoms with van der Waals surface area (Å²) in [4.78, 5) is 11.9. The molecule has 0 N–H and O–H groups in total. The lowest BCUT2D eigenvalue weighted by Gasteiger charge is -2.20. The van der Waals surface area contributed by atoms with Crippen LogP contribution in [-0.2, 0) is 36.5 Å². The second-order valence-electron chi connectivity index (χ2n) is 5.14. The van der Waals surface area contributed by atoms with Gasteiger partial charge in [-0.3, -0.25) is 13.6 Å². The van der Waals surface area contributed by atoms with E-state index in [1.165, 1.54) is 6.07 Å². The molecule has 0 aliphatic rings. The first-order valence-electron chi connectivity index (χ1n) is 9.22. The number of rotatable bonds is 14. The fourth-order valence-corrected chi connectivity index (χ4v) is 4.84. The molecule has 1 rings (SSSR count). The van der Waals surface area contributed by atoms with Crippen molar-refractivity contribution in [3.63, 3.8) is 0 Å². The van der Waals surface area contributed by atoms with E-state index in [1.807, 2.05) is 0 Å². The van der Waals surface area contributed by atoms with Crippen molar-refractivity contribution in [2.45, 2.75) is 34.6 Å². The summed E-state index contributed by atoms with van der Waals surface area (Å²) in [5, 5.41) is -0.184. The Kier molecular flexibility index (Phi) is 10.9. The third-order valence-electron chi connectivity index (χ3n) is 3.12. The zero-order valence-electron chi connectivity index (χ0n) is 17.2. The third-order valence-corrected chi connectivity index (χ3v) is 6.75. The summed E-state index contributed by atoms with van der Waals surface area (Å²) in [6.45, 7) is 8.53. The van der Waals surface area contributed by atoms with Crippen LogP contribution in [0.1, 0.15) is 50.7 Å². The molecule has 0 amide bonds. The molecule has 0 saturated carbocycles. The Hall–Kier alpha value is -1.41. The molecule has 0 aromatic carbocycles. The van der Waals surface area contributed by atoms with Gasteiger partial charge in [-0.15, -0.1) is 0 Å². The summed E-state index contributed by atoms with van der Waals surface area (Å²) in [5.74, 6) is -0.669. The smallest absolute Gasteiger partial charge is 0.463 e. The average Bonchev–Trinajstić information content (AvgIpc) is 3.12. The van der Waals surface area contributed by atoms with E-state index in [9.17, 15) is 13.9 Å². The van der Waals surface area contributed by atoms with Gasteiger partial charge in [-0.2, -0.15) is 0 Å². The number of ether oxygens (including phenoxy) is 1. The third kappa shape index (κ3) is 7.41. The second kappa shape index (κ2) is 12.3. The molecule has 0 aliphatic carbocycles. The van der Waals surface area contributed by atoms with Crippen molar-refractivity contribution in [3.8, 4) is 0 Å². The molecule has 0 saturated heterocycles. The zero-order valence-corrected chi connectivity index (χ0v) is 19.0. The lowest BCUT2D eigenvalue weighted by molar-refractivity contribution is 0.0525. The van der Waals surface area contributed by atoms with E-state index in [0.29, 0.717) is 0 Å². The Morgan fingerprint density at radius 3 is 1.97 bits per heavy atom. The first-order chi connectivity index (χ1) is 13.8. The molecule has 0 aliphatic heterocycles. The monoisotopic (exact) mass is 454 g/mol. The minimum absolute atomic E-state index is 0.0437. The zero-order chi connectivity index (χ0) is 21.9. The van der Waals surface area contributed by atoms with Crippen LogP contribution < -0.4 is 0 Å². The van der Waals surface area contributed by atoms with Gasteiger partial charge in [-0.25, -0.2) is 9.36 Å². The number of carbonyl (C=O) groups is 1. The summed E-state index contributed by atoms with van der Waals surface area (Å²) in [6, 6.07) is 1.30. The van der Waals surface area contributed by atoms with Gasteiger partial charge in [0.2, 0.25) is 0 Å². The summed E-state index contributed by atoms with van der Waals surface area (Å²) < 4.78 is 62.2. The molecule has 10 nitrogen and oxygen atoms in total.